The molecule has 74 valence electrons. The van der Waals surface area contributed by atoms with Gasteiger partial charge in [0, 0.05) is 5.39 Å². The lowest BCUT2D eigenvalue weighted by Crippen LogP contribution is -2.34. The van der Waals surface area contributed by atoms with Gasteiger partial charge in [0.15, 0.2) is 0 Å². The molecule has 0 radical (unpaired) electrons. The number of hydrogen-bond acceptors (Lipinski definition) is 1. The molecule has 1 heterocycles. The Morgan fingerprint density at radius 3 is 2.50 bits per heavy atom. The van der Waals surface area contributed by atoms with Gasteiger partial charge in [-0.05, 0) is 18.2 Å². The van der Waals surface area contributed by atoms with Crippen LogP contribution in [-0.4, -0.2) is 6.98 Å². The summed E-state index contributed by atoms with van der Waals surface area (Å²) >= 11 is 0. The van der Waals surface area contributed by atoms with Crippen molar-refractivity contribution >= 4 is 23.4 Å². The zero-order valence-corrected chi connectivity index (χ0v) is 6.81. The summed E-state index contributed by atoms with van der Waals surface area (Å²) < 4.78 is 54.7. The molecule has 0 saturated carbocycles. The minimum absolute atomic E-state index is 0.124. The minimum atomic E-state index is -5.24. The molecular formula is C8H4BF4O-. The Morgan fingerprint density at radius 2 is 1.86 bits per heavy atom. The summed E-state index contributed by atoms with van der Waals surface area (Å²) in [6.45, 7) is -5.24. The Hall–Kier alpha value is -1.46. The van der Waals surface area contributed by atoms with Gasteiger partial charge in [-0.2, -0.15) is 0 Å². The second kappa shape index (κ2) is 2.77. The molecule has 0 unspecified atom stereocenters. The Balaban J connectivity index is 2.80. The van der Waals surface area contributed by atoms with Gasteiger partial charge in [0.2, 0.25) is 0 Å². The molecule has 0 bridgehead atoms. The molecule has 0 aliphatic rings. The van der Waals surface area contributed by atoms with Crippen LogP contribution in [0.3, 0.4) is 0 Å². The molecule has 2 rings (SSSR count). The second-order valence-electron chi connectivity index (χ2n) is 2.91. The van der Waals surface area contributed by atoms with Crippen molar-refractivity contribution in [3.8, 4) is 0 Å². The highest BCUT2D eigenvalue weighted by Crippen LogP contribution is 2.20. The topological polar surface area (TPSA) is 13.1 Å². The summed E-state index contributed by atoms with van der Waals surface area (Å²) in [5.41, 5.74) is -1.33. The smallest absolute Gasteiger partial charge is 0.467 e. The zero-order valence-electron chi connectivity index (χ0n) is 6.81. The van der Waals surface area contributed by atoms with E-state index in [9.17, 15) is 17.3 Å². The molecule has 0 N–H and O–H groups in total. The van der Waals surface area contributed by atoms with E-state index in [1.807, 2.05) is 0 Å². The van der Waals surface area contributed by atoms with Crippen LogP contribution in [0, 0.1) is 5.82 Å². The largest absolute Gasteiger partial charge is 0.513 e. The lowest BCUT2D eigenvalue weighted by atomic mass is 9.79. The number of rotatable bonds is 1. The van der Waals surface area contributed by atoms with Crippen LogP contribution in [0.1, 0.15) is 0 Å². The first-order valence-corrected chi connectivity index (χ1v) is 3.85. The van der Waals surface area contributed by atoms with Gasteiger partial charge in [0.05, 0.1) is 6.26 Å². The lowest BCUT2D eigenvalue weighted by molar-refractivity contribution is 0.498. The lowest BCUT2D eigenvalue weighted by Gasteiger charge is -2.14. The van der Waals surface area contributed by atoms with Crippen molar-refractivity contribution in [2.45, 2.75) is 0 Å². The maximum atomic E-state index is 12.8. The number of benzene rings is 1. The molecule has 6 heteroatoms. The first-order valence-electron chi connectivity index (χ1n) is 3.85. The summed E-state index contributed by atoms with van der Waals surface area (Å²) in [4.78, 5) is 0. The molecule has 1 aromatic heterocycles. The zero-order chi connectivity index (χ0) is 10.3. The van der Waals surface area contributed by atoms with E-state index in [1.54, 1.807) is 0 Å². The van der Waals surface area contributed by atoms with E-state index >= 15 is 0 Å². The van der Waals surface area contributed by atoms with E-state index in [4.69, 9.17) is 0 Å². The van der Waals surface area contributed by atoms with Crippen molar-refractivity contribution in [2.75, 3.05) is 0 Å². The fraction of sp³-hybridized carbons (Fsp3) is 0. The third kappa shape index (κ3) is 1.36. The van der Waals surface area contributed by atoms with Crippen LogP contribution in [0.5, 0.6) is 0 Å². The number of furan rings is 1. The molecule has 0 amide bonds. The standard InChI is InChI=1S/C8H4BF4O/c10-6-3-5-1-2-14-8(5)7(4-6)9(11,12)13/h1-4H/q-1. The second-order valence-corrected chi connectivity index (χ2v) is 2.91. The first-order chi connectivity index (χ1) is 6.48. The molecule has 0 saturated heterocycles. The average Bonchev–Trinajstić information content (AvgIpc) is 2.47. The predicted molar refractivity (Wildman–Crippen MR) is 44.9 cm³/mol. The third-order valence-corrected chi connectivity index (χ3v) is 1.90. The molecule has 1 aromatic carbocycles. The van der Waals surface area contributed by atoms with Gasteiger partial charge in [0.1, 0.15) is 11.4 Å². The van der Waals surface area contributed by atoms with Crippen LogP contribution in [-0.2, 0) is 0 Å². The van der Waals surface area contributed by atoms with Crippen LogP contribution < -0.4 is 5.46 Å². The van der Waals surface area contributed by atoms with Crippen molar-refractivity contribution in [1.82, 2.24) is 0 Å². The Labute approximate surface area is 76.4 Å². The minimum Gasteiger partial charge on any atom is -0.467 e. The normalized spacial score (nSPS) is 12.3. The van der Waals surface area contributed by atoms with E-state index in [2.05, 4.69) is 4.42 Å². The quantitative estimate of drug-likeness (QED) is 0.512. The van der Waals surface area contributed by atoms with Gasteiger partial charge in [-0.1, -0.05) is 5.46 Å². The molecule has 14 heavy (non-hydrogen) atoms. The Bertz CT molecular complexity index is 474. The summed E-state index contributed by atoms with van der Waals surface area (Å²) in [6, 6.07) is 2.75. The third-order valence-electron chi connectivity index (χ3n) is 1.90. The van der Waals surface area contributed by atoms with Gasteiger partial charge < -0.3 is 17.4 Å². The van der Waals surface area contributed by atoms with Crippen molar-refractivity contribution in [1.29, 1.82) is 0 Å². The van der Waals surface area contributed by atoms with Crippen molar-refractivity contribution in [3.63, 3.8) is 0 Å². The maximum absolute atomic E-state index is 12.8. The summed E-state index contributed by atoms with van der Waals surface area (Å²) in [6.07, 6.45) is 1.11. The van der Waals surface area contributed by atoms with Crippen LogP contribution >= 0.6 is 0 Å². The highest BCUT2D eigenvalue weighted by molar-refractivity contribution is 6.75. The molecule has 1 nitrogen and oxygen atoms in total. The van der Waals surface area contributed by atoms with Gasteiger partial charge in [-0.15, -0.1) is 0 Å². The van der Waals surface area contributed by atoms with Crippen LogP contribution in [0.4, 0.5) is 17.3 Å². The number of halogens is 4. The maximum Gasteiger partial charge on any atom is 0.513 e. The highest BCUT2D eigenvalue weighted by atomic mass is 19.4. The Kier molecular flexibility index (Phi) is 1.80. The number of fused-ring (bicyclic) bond motifs is 1. The van der Waals surface area contributed by atoms with Crippen LogP contribution in [0.15, 0.2) is 28.9 Å². The average molecular weight is 203 g/mol. The van der Waals surface area contributed by atoms with E-state index in [0.717, 1.165) is 12.3 Å². The van der Waals surface area contributed by atoms with E-state index < -0.39 is 18.3 Å². The summed E-state index contributed by atoms with van der Waals surface area (Å²) in [5.74, 6) is -0.909. The van der Waals surface area contributed by atoms with Gasteiger partial charge in [-0.25, -0.2) is 4.39 Å². The fourth-order valence-corrected chi connectivity index (χ4v) is 1.31. The number of hydrogen-bond donors (Lipinski definition) is 0. The first kappa shape index (κ1) is 9.11. The van der Waals surface area contributed by atoms with E-state index in [0.29, 0.717) is 6.07 Å². The molecule has 2 aromatic rings. The van der Waals surface area contributed by atoms with Gasteiger partial charge >= 0.3 is 6.98 Å². The fourth-order valence-electron chi connectivity index (χ4n) is 1.31. The molecule has 0 aliphatic heterocycles. The molecule has 0 atom stereocenters. The SMILES string of the molecule is Fc1cc([B-](F)(F)F)c2occc2c1. The van der Waals surface area contributed by atoms with Crippen LogP contribution in [0.25, 0.3) is 11.0 Å². The van der Waals surface area contributed by atoms with Gasteiger partial charge in [0.25, 0.3) is 0 Å². The van der Waals surface area contributed by atoms with E-state index in [-0.39, 0.29) is 11.0 Å². The molecule has 0 fully saturated rings. The van der Waals surface area contributed by atoms with E-state index in [1.165, 1.54) is 6.07 Å². The predicted octanol–water partition coefficient (Wildman–Crippen LogP) is 2.63. The highest BCUT2D eigenvalue weighted by Gasteiger charge is 2.29. The monoisotopic (exact) mass is 203 g/mol. The van der Waals surface area contributed by atoms with Crippen molar-refractivity contribution in [3.05, 3.63) is 30.3 Å². The molecule has 0 spiro atoms. The Morgan fingerprint density at radius 1 is 1.14 bits per heavy atom. The summed E-state index contributed by atoms with van der Waals surface area (Å²) in [7, 11) is 0. The summed E-state index contributed by atoms with van der Waals surface area (Å²) in [5, 5.41) is 0.124. The van der Waals surface area contributed by atoms with Crippen molar-refractivity contribution < 1.29 is 21.8 Å². The van der Waals surface area contributed by atoms with Crippen LogP contribution in [0.2, 0.25) is 0 Å². The van der Waals surface area contributed by atoms with Crippen molar-refractivity contribution in [2.24, 2.45) is 0 Å². The molecule has 0 aliphatic carbocycles. The molecular weight excluding hydrogens is 199 g/mol. The van der Waals surface area contributed by atoms with Gasteiger partial charge in [-0.3, -0.25) is 0 Å².